The molecule has 0 radical (unpaired) electrons. The first kappa shape index (κ1) is 17.3. The number of methoxy groups -OCH3 is 2. The van der Waals surface area contributed by atoms with Crippen molar-refractivity contribution in [2.45, 2.75) is 17.7 Å². The summed E-state index contributed by atoms with van der Waals surface area (Å²) in [6.07, 6.45) is 0.950. The monoisotopic (exact) mass is 369 g/mol. The number of carbonyl (C=O) groups excluding carboxylic acids is 1. The van der Waals surface area contributed by atoms with Crippen LogP contribution >= 0.6 is 11.8 Å². The second-order valence-corrected chi connectivity index (χ2v) is 7.89. The predicted octanol–water partition coefficient (Wildman–Crippen LogP) is 4.08. The number of carbonyl (C=O) groups is 1. The Balaban J connectivity index is 1.56. The van der Waals surface area contributed by atoms with E-state index in [-0.39, 0.29) is 17.2 Å². The third-order valence-electron chi connectivity index (χ3n) is 5.21. The van der Waals surface area contributed by atoms with Gasteiger partial charge in [-0.15, -0.1) is 11.8 Å². The van der Waals surface area contributed by atoms with E-state index in [9.17, 15) is 4.79 Å². The number of hydrogen-bond acceptors (Lipinski definition) is 4. The van der Waals surface area contributed by atoms with Crippen molar-refractivity contribution < 1.29 is 14.3 Å². The Morgan fingerprint density at radius 3 is 2.62 bits per heavy atom. The summed E-state index contributed by atoms with van der Waals surface area (Å²) in [6, 6.07) is 16.2. The largest absolute Gasteiger partial charge is 0.493 e. The molecule has 2 fully saturated rings. The lowest BCUT2D eigenvalue weighted by atomic mass is 10.1. The molecule has 136 valence electrons. The summed E-state index contributed by atoms with van der Waals surface area (Å²) in [7, 11) is 3.29. The van der Waals surface area contributed by atoms with Crippen LogP contribution in [0.25, 0.3) is 0 Å². The molecule has 26 heavy (non-hydrogen) atoms. The number of hydrogen-bond donors (Lipinski definition) is 0. The summed E-state index contributed by atoms with van der Waals surface area (Å²) in [5, 5.41) is -0.00965. The van der Waals surface area contributed by atoms with Crippen molar-refractivity contribution in [1.82, 2.24) is 4.90 Å². The molecule has 1 saturated carbocycles. The Morgan fingerprint density at radius 2 is 1.88 bits per heavy atom. The van der Waals surface area contributed by atoms with Gasteiger partial charge in [-0.3, -0.25) is 4.79 Å². The quantitative estimate of drug-likeness (QED) is 0.796. The molecule has 0 aromatic heterocycles. The number of rotatable bonds is 5. The van der Waals surface area contributed by atoms with Gasteiger partial charge < -0.3 is 14.4 Å². The third kappa shape index (κ3) is 3.05. The van der Waals surface area contributed by atoms with Crippen molar-refractivity contribution in [3.05, 3.63) is 59.7 Å². The summed E-state index contributed by atoms with van der Waals surface area (Å²) >= 11 is 1.79. The molecule has 4 nitrogen and oxygen atoms in total. The van der Waals surface area contributed by atoms with E-state index in [1.54, 1.807) is 26.0 Å². The highest BCUT2D eigenvalue weighted by Gasteiger charge is 2.48. The van der Waals surface area contributed by atoms with Gasteiger partial charge in [-0.2, -0.15) is 0 Å². The molecule has 0 bridgehead atoms. The Morgan fingerprint density at radius 1 is 1.08 bits per heavy atom. The maximum atomic E-state index is 13.2. The topological polar surface area (TPSA) is 38.8 Å². The van der Waals surface area contributed by atoms with Gasteiger partial charge in [-0.1, -0.05) is 42.5 Å². The van der Waals surface area contributed by atoms with Crippen LogP contribution in [0.15, 0.2) is 48.5 Å². The zero-order valence-corrected chi connectivity index (χ0v) is 15.9. The van der Waals surface area contributed by atoms with E-state index < -0.39 is 0 Å². The summed E-state index contributed by atoms with van der Waals surface area (Å²) in [6.45, 7) is 0.784. The number of amides is 1. The molecule has 2 aliphatic rings. The van der Waals surface area contributed by atoms with E-state index in [2.05, 4.69) is 12.1 Å². The van der Waals surface area contributed by atoms with E-state index in [1.165, 1.54) is 5.56 Å². The summed E-state index contributed by atoms with van der Waals surface area (Å²) < 4.78 is 11.0. The Bertz CT molecular complexity index is 795. The number of nitrogens with zero attached hydrogens (tertiary/aromatic N) is 1. The standard InChI is InChI=1S/C21H23NO3S/c1-24-18-10-6-9-15(19(18)25-2)21-22(11-12-26-21)20(23)17-13-16(17)14-7-4-3-5-8-14/h3-10,16-17,21H,11-13H2,1-2H3. The normalized spacial score (nSPS) is 24.4. The summed E-state index contributed by atoms with van der Waals surface area (Å²) in [4.78, 5) is 15.2. The zero-order valence-electron chi connectivity index (χ0n) is 15.1. The lowest BCUT2D eigenvalue weighted by molar-refractivity contribution is -0.132. The number of benzene rings is 2. The minimum atomic E-state index is -0.00965. The Hall–Kier alpha value is -2.14. The average molecular weight is 369 g/mol. The Labute approximate surface area is 158 Å². The molecular weight excluding hydrogens is 346 g/mol. The minimum Gasteiger partial charge on any atom is -0.493 e. The predicted molar refractivity (Wildman–Crippen MR) is 104 cm³/mol. The average Bonchev–Trinajstić information content (AvgIpc) is 3.35. The highest BCUT2D eigenvalue weighted by Crippen LogP contribution is 2.52. The maximum absolute atomic E-state index is 13.2. The fourth-order valence-electron chi connectivity index (χ4n) is 3.81. The van der Waals surface area contributed by atoms with Crippen LogP contribution in [-0.2, 0) is 4.79 Å². The van der Waals surface area contributed by atoms with Crippen LogP contribution in [0.2, 0.25) is 0 Å². The van der Waals surface area contributed by atoms with Crippen LogP contribution in [0.3, 0.4) is 0 Å². The zero-order chi connectivity index (χ0) is 18.1. The molecule has 2 aromatic rings. The highest BCUT2D eigenvalue weighted by atomic mass is 32.2. The van der Waals surface area contributed by atoms with E-state index in [0.29, 0.717) is 11.7 Å². The smallest absolute Gasteiger partial charge is 0.227 e. The molecule has 5 heteroatoms. The van der Waals surface area contributed by atoms with Crippen molar-refractivity contribution in [3.63, 3.8) is 0 Å². The molecule has 4 rings (SSSR count). The number of ether oxygens (including phenoxy) is 2. The maximum Gasteiger partial charge on any atom is 0.227 e. The van der Waals surface area contributed by atoms with Crippen molar-refractivity contribution in [2.24, 2.45) is 5.92 Å². The number of para-hydroxylation sites is 1. The third-order valence-corrected chi connectivity index (χ3v) is 6.45. The molecule has 1 saturated heterocycles. The van der Waals surface area contributed by atoms with Gasteiger partial charge in [0.1, 0.15) is 5.37 Å². The van der Waals surface area contributed by atoms with Gasteiger partial charge in [0.2, 0.25) is 5.91 Å². The van der Waals surface area contributed by atoms with E-state index >= 15 is 0 Å². The minimum absolute atomic E-state index is 0.00965. The molecule has 0 N–H and O–H groups in total. The van der Waals surface area contributed by atoms with Gasteiger partial charge in [0.15, 0.2) is 11.5 Å². The molecule has 2 aromatic carbocycles. The molecule has 3 atom stereocenters. The SMILES string of the molecule is COc1cccc(C2SCCN2C(=O)C2CC2c2ccccc2)c1OC. The van der Waals surface area contributed by atoms with Crippen LogP contribution in [-0.4, -0.2) is 37.3 Å². The first-order valence-corrected chi connectivity index (χ1v) is 9.97. The van der Waals surface area contributed by atoms with E-state index in [4.69, 9.17) is 9.47 Å². The Kier molecular flexibility index (Phi) is 4.81. The van der Waals surface area contributed by atoms with Crippen molar-refractivity contribution in [2.75, 3.05) is 26.5 Å². The highest BCUT2D eigenvalue weighted by molar-refractivity contribution is 7.99. The van der Waals surface area contributed by atoms with Gasteiger partial charge >= 0.3 is 0 Å². The number of thioether (sulfide) groups is 1. The lowest BCUT2D eigenvalue weighted by Gasteiger charge is -2.26. The van der Waals surface area contributed by atoms with Crippen LogP contribution in [0.5, 0.6) is 11.5 Å². The van der Waals surface area contributed by atoms with Gasteiger partial charge in [0.25, 0.3) is 0 Å². The second kappa shape index (κ2) is 7.23. The van der Waals surface area contributed by atoms with Crippen molar-refractivity contribution >= 4 is 17.7 Å². The first-order chi connectivity index (χ1) is 12.7. The van der Waals surface area contributed by atoms with Crippen LogP contribution in [0.4, 0.5) is 0 Å². The first-order valence-electron chi connectivity index (χ1n) is 8.92. The molecule has 1 aliphatic carbocycles. The van der Waals surface area contributed by atoms with E-state index in [1.807, 2.05) is 41.3 Å². The van der Waals surface area contributed by atoms with Gasteiger partial charge in [-0.05, 0) is 24.0 Å². The molecule has 1 aliphatic heterocycles. The molecule has 1 amide bonds. The van der Waals surface area contributed by atoms with Crippen molar-refractivity contribution in [1.29, 1.82) is 0 Å². The molecule has 3 unspecified atom stereocenters. The van der Waals surface area contributed by atoms with Crippen LogP contribution in [0.1, 0.15) is 28.8 Å². The molecule has 0 spiro atoms. The summed E-state index contributed by atoms with van der Waals surface area (Å²) in [5.74, 6) is 3.11. The van der Waals surface area contributed by atoms with Gasteiger partial charge in [-0.25, -0.2) is 0 Å². The van der Waals surface area contributed by atoms with Crippen molar-refractivity contribution in [3.8, 4) is 11.5 Å². The molecule has 1 heterocycles. The van der Waals surface area contributed by atoms with Crippen LogP contribution < -0.4 is 9.47 Å². The lowest BCUT2D eigenvalue weighted by Crippen LogP contribution is -2.32. The van der Waals surface area contributed by atoms with E-state index in [0.717, 1.165) is 30.0 Å². The molecular formula is C21H23NO3S. The summed E-state index contributed by atoms with van der Waals surface area (Å²) in [5.41, 5.74) is 2.29. The van der Waals surface area contributed by atoms with Gasteiger partial charge in [0.05, 0.1) is 14.2 Å². The van der Waals surface area contributed by atoms with Gasteiger partial charge in [0, 0.05) is 23.8 Å². The fourth-order valence-corrected chi connectivity index (χ4v) is 5.09. The van der Waals surface area contributed by atoms with Crippen LogP contribution in [0, 0.1) is 5.92 Å². The second-order valence-electron chi connectivity index (χ2n) is 6.70. The fraction of sp³-hybridized carbons (Fsp3) is 0.381.